The van der Waals surface area contributed by atoms with Crippen molar-refractivity contribution in [3.05, 3.63) is 29.6 Å². The highest BCUT2D eigenvalue weighted by atomic mass is 16.5. The Kier molecular flexibility index (Phi) is 4.56. The first kappa shape index (κ1) is 11.1. The monoisotopic (exact) mass is 194 g/mol. The quantitative estimate of drug-likeness (QED) is 0.764. The van der Waals surface area contributed by atoms with Gasteiger partial charge in [-0.1, -0.05) is 0 Å². The first-order valence-corrected chi connectivity index (χ1v) is 4.84. The summed E-state index contributed by atoms with van der Waals surface area (Å²) >= 11 is 0. The minimum absolute atomic E-state index is 0.342. The van der Waals surface area contributed by atoms with Gasteiger partial charge in [0.05, 0.1) is 6.61 Å². The van der Waals surface area contributed by atoms with E-state index >= 15 is 0 Å². The maximum Gasteiger partial charge on any atom is 0.0619 e. The van der Waals surface area contributed by atoms with Gasteiger partial charge in [-0.15, -0.1) is 0 Å². The molecule has 0 saturated heterocycles. The molecule has 0 aliphatic carbocycles. The highest BCUT2D eigenvalue weighted by Gasteiger charge is 2.07. The molecule has 0 saturated carbocycles. The highest BCUT2D eigenvalue weighted by Crippen LogP contribution is 2.03. The summed E-state index contributed by atoms with van der Waals surface area (Å²) in [5, 5.41) is 3.21. The van der Waals surface area contributed by atoms with Gasteiger partial charge < -0.3 is 10.1 Å². The predicted octanol–water partition coefficient (Wildman–Crippen LogP) is 1.17. The van der Waals surface area contributed by atoms with Gasteiger partial charge in [0.15, 0.2) is 0 Å². The third-order valence-corrected chi connectivity index (χ3v) is 2.20. The van der Waals surface area contributed by atoms with Gasteiger partial charge >= 0.3 is 0 Å². The summed E-state index contributed by atoms with van der Waals surface area (Å²) in [5.41, 5.74) is 2.36. The fourth-order valence-electron chi connectivity index (χ4n) is 1.41. The van der Waals surface area contributed by atoms with E-state index in [2.05, 4.69) is 23.3 Å². The maximum atomic E-state index is 5.11. The molecule has 1 heterocycles. The molecule has 1 rings (SSSR count). The average Bonchev–Trinajstić information content (AvgIpc) is 2.17. The number of methoxy groups -OCH3 is 1. The van der Waals surface area contributed by atoms with Crippen molar-refractivity contribution in [2.45, 2.75) is 19.4 Å². The summed E-state index contributed by atoms with van der Waals surface area (Å²) in [7, 11) is 3.66. The minimum atomic E-state index is 0.342. The largest absolute Gasteiger partial charge is 0.383 e. The molecule has 3 heteroatoms. The van der Waals surface area contributed by atoms with E-state index in [-0.39, 0.29) is 0 Å². The van der Waals surface area contributed by atoms with Crippen molar-refractivity contribution in [3.63, 3.8) is 0 Å². The van der Waals surface area contributed by atoms with E-state index in [0.717, 1.165) is 12.1 Å². The number of rotatable bonds is 5. The van der Waals surface area contributed by atoms with Crippen LogP contribution in [-0.2, 0) is 11.2 Å². The molecule has 1 N–H and O–H groups in total. The second kappa shape index (κ2) is 5.73. The SMILES string of the molecule is CNC(COC)Cc1cc(C)ccn1. The number of nitrogens with one attached hydrogen (secondary N) is 1. The molecule has 0 radical (unpaired) electrons. The standard InChI is InChI=1S/C11H18N2O/c1-9-4-5-13-10(6-9)7-11(12-2)8-14-3/h4-6,11-12H,7-8H2,1-3H3. The van der Waals surface area contributed by atoms with Crippen LogP contribution in [0.25, 0.3) is 0 Å². The number of aromatic nitrogens is 1. The molecule has 3 nitrogen and oxygen atoms in total. The Bertz CT molecular complexity index is 276. The van der Waals surface area contributed by atoms with Crippen molar-refractivity contribution in [1.82, 2.24) is 10.3 Å². The molecule has 1 aromatic rings. The maximum absolute atomic E-state index is 5.11. The lowest BCUT2D eigenvalue weighted by molar-refractivity contribution is 0.169. The molecular weight excluding hydrogens is 176 g/mol. The van der Waals surface area contributed by atoms with E-state index in [0.29, 0.717) is 12.6 Å². The van der Waals surface area contributed by atoms with Gasteiger partial charge in [0.25, 0.3) is 0 Å². The molecule has 0 aromatic carbocycles. The van der Waals surface area contributed by atoms with Crippen LogP contribution in [0.15, 0.2) is 18.3 Å². The predicted molar refractivity (Wildman–Crippen MR) is 57.4 cm³/mol. The lowest BCUT2D eigenvalue weighted by atomic mass is 10.1. The van der Waals surface area contributed by atoms with E-state index in [1.54, 1.807) is 7.11 Å². The highest BCUT2D eigenvalue weighted by molar-refractivity contribution is 5.15. The van der Waals surface area contributed by atoms with Crippen molar-refractivity contribution in [1.29, 1.82) is 0 Å². The van der Waals surface area contributed by atoms with Crippen LogP contribution < -0.4 is 5.32 Å². The van der Waals surface area contributed by atoms with E-state index in [4.69, 9.17) is 4.74 Å². The Morgan fingerprint density at radius 3 is 2.93 bits per heavy atom. The van der Waals surface area contributed by atoms with Crippen molar-refractivity contribution >= 4 is 0 Å². The number of aryl methyl sites for hydroxylation is 1. The van der Waals surface area contributed by atoms with Crippen molar-refractivity contribution < 1.29 is 4.74 Å². The molecule has 78 valence electrons. The van der Waals surface area contributed by atoms with Crippen LogP contribution in [0.2, 0.25) is 0 Å². The third kappa shape index (κ3) is 3.44. The smallest absolute Gasteiger partial charge is 0.0619 e. The summed E-state index contributed by atoms with van der Waals surface area (Å²) in [6.07, 6.45) is 2.76. The van der Waals surface area contributed by atoms with Crippen LogP contribution in [0.5, 0.6) is 0 Å². The Labute approximate surface area is 85.5 Å². The third-order valence-electron chi connectivity index (χ3n) is 2.20. The number of pyridine rings is 1. The van der Waals surface area contributed by atoms with E-state index in [1.165, 1.54) is 5.56 Å². The second-order valence-corrected chi connectivity index (χ2v) is 3.47. The van der Waals surface area contributed by atoms with Gasteiger partial charge in [0.1, 0.15) is 0 Å². The number of ether oxygens (including phenoxy) is 1. The first-order chi connectivity index (χ1) is 6.76. The summed E-state index contributed by atoms with van der Waals surface area (Å²) < 4.78 is 5.11. The zero-order valence-corrected chi connectivity index (χ0v) is 9.08. The zero-order valence-electron chi connectivity index (χ0n) is 9.08. The minimum Gasteiger partial charge on any atom is -0.383 e. The summed E-state index contributed by atoms with van der Waals surface area (Å²) in [5.74, 6) is 0. The fourth-order valence-corrected chi connectivity index (χ4v) is 1.41. The number of hydrogen-bond donors (Lipinski definition) is 1. The van der Waals surface area contributed by atoms with Crippen molar-refractivity contribution in [2.24, 2.45) is 0 Å². The second-order valence-electron chi connectivity index (χ2n) is 3.47. The molecule has 0 bridgehead atoms. The molecule has 1 atom stereocenters. The van der Waals surface area contributed by atoms with E-state index in [1.807, 2.05) is 19.3 Å². The van der Waals surface area contributed by atoms with Crippen molar-refractivity contribution in [2.75, 3.05) is 20.8 Å². The number of likely N-dealkylation sites (N-methyl/N-ethyl adjacent to an activating group) is 1. The zero-order chi connectivity index (χ0) is 10.4. The Morgan fingerprint density at radius 1 is 1.57 bits per heavy atom. The van der Waals surface area contributed by atoms with Crippen molar-refractivity contribution in [3.8, 4) is 0 Å². The van der Waals surface area contributed by atoms with Crippen LogP contribution in [0.1, 0.15) is 11.3 Å². The summed E-state index contributed by atoms with van der Waals surface area (Å²) in [6.45, 7) is 2.79. The van der Waals surface area contributed by atoms with Gasteiger partial charge in [-0.3, -0.25) is 4.98 Å². The lowest BCUT2D eigenvalue weighted by Crippen LogP contribution is -2.32. The lowest BCUT2D eigenvalue weighted by Gasteiger charge is -2.14. The van der Waals surface area contributed by atoms with Gasteiger partial charge in [0, 0.05) is 31.5 Å². The molecule has 0 aliphatic heterocycles. The molecule has 0 amide bonds. The molecule has 1 unspecified atom stereocenters. The molecular formula is C11H18N2O. The number of nitrogens with zero attached hydrogens (tertiary/aromatic N) is 1. The van der Waals surface area contributed by atoms with Gasteiger partial charge in [-0.2, -0.15) is 0 Å². The van der Waals surface area contributed by atoms with Crippen LogP contribution >= 0.6 is 0 Å². The molecule has 0 spiro atoms. The normalized spacial score (nSPS) is 12.8. The van der Waals surface area contributed by atoms with Crippen LogP contribution in [0.3, 0.4) is 0 Å². The Balaban J connectivity index is 2.57. The van der Waals surface area contributed by atoms with Crippen LogP contribution in [0.4, 0.5) is 0 Å². The number of hydrogen-bond acceptors (Lipinski definition) is 3. The van der Waals surface area contributed by atoms with E-state index < -0.39 is 0 Å². The first-order valence-electron chi connectivity index (χ1n) is 4.84. The average molecular weight is 194 g/mol. The van der Waals surface area contributed by atoms with Crippen LogP contribution in [0, 0.1) is 6.92 Å². The van der Waals surface area contributed by atoms with Gasteiger partial charge in [-0.25, -0.2) is 0 Å². The Hall–Kier alpha value is -0.930. The summed E-state index contributed by atoms with van der Waals surface area (Å²) in [6, 6.07) is 4.46. The topological polar surface area (TPSA) is 34.1 Å². The molecule has 14 heavy (non-hydrogen) atoms. The van der Waals surface area contributed by atoms with E-state index in [9.17, 15) is 0 Å². The molecule has 0 fully saturated rings. The Morgan fingerprint density at radius 2 is 2.36 bits per heavy atom. The molecule has 0 aliphatic rings. The van der Waals surface area contributed by atoms with Gasteiger partial charge in [-0.05, 0) is 31.7 Å². The fraction of sp³-hybridized carbons (Fsp3) is 0.545. The summed E-state index contributed by atoms with van der Waals surface area (Å²) in [4.78, 5) is 4.31. The van der Waals surface area contributed by atoms with Crippen LogP contribution in [-0.4, -0.2) is 31.8 Å². The molecule has 1 aromatic heterocycles. The van der Waals surface area contributed by atoms with Gasteiger partial charge in [0.2, 0.25) is 0 Å².